The van der Waals surface area contributed by atoms with Gasteiger partial charge in [0.2, 0.25) is 0 Å². The summed E-state index contributed by atoms with van der Waals surface area (Å²) in [5.41, 5.74) is 1.30. The molecule has 2 nitrogen and oxygen atoms in total. The van der Waals surface area contributed by atoms with Gasteiger partial charge in [0.25, 0.3) is 0 Å². The molecule has 0 aromatic heterocycles. The molecule has 0 aliphatic heterocycles. The Bertz CT molecular complexity index is 399. The summed E-state index contributed by atoms with van der Waals surface area (Å²) in [4.78, 5) is 2.13. The Labute approximate surface area is 108 Å². The Morgan fingerprint density at radius 1 is 1.39 bits per heavy atom. The zero-order valence-corrected chi connectivity index (χ0v) is 11.2. The first-order chi connectivity index (χ1) is 8.65. The Balaban J connectivity index is 2.40. The molecule has 2 rings (SSSR count). The number of rotatable bonds is 4. The lowest BCUT2D eigenvalue weighted by atomic mass is 10.0. The van der Waals surface area contributed by atoms with E-state index in [1.807, 2.05) is 6.07 Å². The molecule has 0 spiro atoms. The van der Waals surface area contributed by atoms with Gasteiger partial charge in [0.05, 0.1) is 11.8 Å². The Hall–Kier alpha value is -1.09. The van der Waals surface area contributed by atoms with Gasteiger partial charge in [-0.2, -0.15) is 0 Å². The van der Waals surface area contributed by atoms with Crippen LogP contribution in [0.4, 0.5) is 10.1 Å². The topological polar surface area (TPSA) is 23.5 Å². The first-order valence-corrected chi connectivity index (χ1v) is 6.88. The van der Waals surface area contributed by atoms with Gasteiger partial charge in [-0.25, -0.2) is 4.39 Å². The number of para-hydroxylation sites is 1. The highest BCUT2D eigenvalue weighted by molar-refractivity contribution is 5.56. The van der Waals surface area contributed by atoms with E-state index in [0.717, 1.165) is 19.4 Å². The van der Waals surface area contributed by atoms with Crippen molar-refractivity contribution < 1.29 is 9.50 Å². The first-order valence-electron chi connectivity index (χ1n) is 6.88. The van der Waals surface area contributed by atoms with Crippen LogP contribution in [0.25, 0.3) is 0 Å². The minimum Gasteiger partial charge on any atom is -0.389 e. The number of hydrogen-bond acceptors (Lipinski definition) is 2. The standard InChI is InChI=1S/C15H22FNO/c1-3-17(12-7-4-5-8-12)15-13(11(2)18)9-6-10-14(15)16/h6,9-12,18H,3-5,7-8H2,1-2H3/t11-/m0/s1. The fourth-order valence-electron chi connectivity index (χ4n) is 2.99. The molecule has 1 atom stereocenters. The van der Waals surface area contributed by atoms with Gasteiger partial charge in [0.1, 0.15) is 5.82 Å². The van der Waals surface area contributed by atoms with Crippen molar-refractivity contribution >= 4 is 5.69 Å². The van der Waals surface area contributed by atoms with Crippen LogP contribution < -0.4 is 4.90 Å². The summed E-state index contributed by atoms with van der Waals surface area (Å²) >= 11 is 0. The number of aliphatic hydroxyl groups excluding tert-OH is 1. The molecule has 1 aliphatic rings. The summed E-state index contributed by atoms with van der Waals surface area (Å²) in [6.45, 7) is 4.53. The summed E-state index contributed by atoms with van der Waals surface area (Å²) in [7, 11) is 0. The smallest absolute Gasteiger partial charge is 0.146 e. The van der Waals surface area contributed by atoms with Crippen molar-refractivity contribution in [3.8, 4) is 0 Å². The van der Waals surface area contributed by atoms with E-state index >= 15 is 0 Å². The van der Waals surface area contributed by atoms with E-state index in [1.54, 1.807) is 13.0 Å². The molecule has 3 heteroatoms. The molecule has 0 saturated heterocycles. The minimum atomic E-state index is -0.633. The van der Waals surface area contributed by atoms with Crippen LogP contribution >= 0.6 is 0 Å². The van der Waals surface area contributed by atoms with Crippen molar-refractivity contribution in [3.63, 3.8) is 0 Å². The van der Waals surface area contributed by atoms with Crippen LogP contribution in [-0.2, 0) is 0 Å². The Morgan fingerprint density at radius 2 is 2.06 bits per heavy atom. The van der Waals surface area contributed by atoms with Crippen molar-refractivity contribution in [2.75, 3.05) is 11.4 Å². The average molecular weight is 251 g/mol. The average Bonchev–Trinajstić information content (AvgIpc) is 2.85. The van der Waals surface area contributed by atoms with Gasteiger partial charge in [-0.15, -0.1) is 0 Å². The molecule has 1 aliphatic carbocycles. The zero-order chi connectivity index (χ0) is 13.1. The molecule has 0 bridgehead atoms. The maximum Gasteiger partial charge on any atom is 0.146 e. The van der Waals surface area contributed by atoms with Crippen LogP contribution in [0.3, 0.4) is 0 Å². The normalized spacial score (nSPS) is 18.0. The summed E-state index contributed by atoms with van der Waals surface area (Å²) in [5.74, 6) is -0.220. The molecule has 1 saturated carbocycles. The Kier molecular flexibility index (Phi) is 4.23. The van der Waals surface area contributed by atoms with Crippen LogP contribution in [0, 0.1) is 5.82 Å². The molecule has 0 radical (unpaired) electrons. The maximum atomic E-state index is 14.1. The predicted molar refractivity (Wildman–Crippen MR) is 72.3 cm³/mol. The van der Waals surface area contributed by atoms with Crippen LogP contribution in [0.15, 0.2) is 18.2 Å². The molecular formula is C15H22FNO. The summed E-state index contributed by atoms with van der Waals surface area (Å²) in [5, 5.41) is 9.82. The third-order valence-electron chi connectivity index (χ3n) is 3.86. The molecule has 0 amide bonds. The highest BCUT2D eigenvalue weighted by Gasteiger charge is 2.26. The van der Waals surface area contributed by atoms with Crippen LogP contribution in [0.2, 0.25) is 0 Å². The quantitative estimate of drug-likeness (QED) is 0.883. The minimum absolute atomic E-state index is 0.220. The SMILES string of the molecule is CCN(c1c(F)cccc1[C@H](C)O)C1CCCC1. The number of halogens is 1. The van der Waals surface area contributed by atoms with Crippen LogP contribution in [-0.4, -0.2) is 17.7 Å². The molecule has 100 valence electrons. The van der Waals surface area contributed by atoms with Crippen molar-refractivity contribution in [3.05, 3.63) is 29.6 Å². The van der Waals surface area contributed by atoms with Gasteiger partial charge in [-0.3, -0.25) is 0 Å². The molecule has 18 heavy (non-hydrogen) atoms. The van der Waals surface area contributed by atoms with Crippen LogP contribution in [0.5, 0.6) is 0 Å². The van der Waals surface area contributed by atoms with Crippen LogP contribution in [0.1, 0.15) is 51.2 Å². The lowest BCUT2D eigenvalue weighted by molar-refractivity contribution is 0.199. The molecular weight excluding hydrogens is 229 g/mol. The third kappa shape index (κ3) is 2.51. The van der Waals surface area contributed by atoms with E-state index in [-0.39, 0.29) is 5.82 Å². The summed E-state index contributed by atoms with van der Waals surface area (Å²) in [6.07, 6.45) is 4.06. The lowest BCUT2D eigenvalue weighted by Gasteiger charge is -2.32. The van der Waals surface area contributed by atoms with Gasteiger partial charge in [-0.1, -0.05) is 25.0 Å². The predicted octanol–water partition coefficient (Wildman–Crippen LogP) is 3.65. The van der Waals surface area contributed by atoms with E-state index < -0.39 is 6.10 Å². The van der Waals surface area contributed by atoms with Gasteiger partial charge in [0, 0.05) is 18.2 Å². The fraction of sp³-hybridized carbons (Fsp3) is 0.600. The third-order valence-corrected chi connectivity index (χ3v) is 3.86. The second-order valence-electron chi connectivity index (χ2n) is 5.08. The lowest BCUT2D eigenvalue weighted by Crippen LogP contribution is -2.34. The molecule has 1 aromatic carbocycles. The van der Waals surface area contributed by atoms with Gasteiger partial charge < -0.3 is 10.0 Å². The Morgan fingerprint density at radius 3 is 2.61 bits per heavy atom. The van der Waals surface area contributed by atoms with E-state index in [9.17, 15) is 9.50 Å². The molecule has 1 N–H and O–H groups in total. The summed E-state index contributed by atoms with van der Waals surface area (Å²) in [6, 6.07) is 5.40. The summed E-state index contributed by atoms with van der Waals surface area (Å²) < 4.78 is 14.1. The number of aliphatic hydroxyl groups is 1. The number of anilines is 1. The van der Waals surface area contributed by atoms with Gasteiger partial charge in [0.15, 0.2) is 0 Å². The van der Waals surface area contributed by atoms with E-state index in [0.29, 0.717) is 17.3 Å². The molecule has 0 unspecified atom stereocenters. The highest BCUT2D eigenvalue weighted by Crippen LogP contribution is 2.34. The fourth-order valence-corrected chi connectivity index (χ4v) is 2.99. The molecule has 0 heterocycles. The van der Waals surface area contributed by atoms with Crippen molar-refractivity contribution in [1.82, 2.24) is 0 Å². The highest BCUT2D eigenvalue weighted by atomic mass is 19.1. The second-order valence-corrected chi connectivity index (χ2v) is 5.08. The largest absolute Gasteiger partial charge is 0.389 e. The van der Waals surface area contributed by atoms with Crippen molar-refractivity contribution in [2.45, 2.75) is 51.7 Å². The number of hydrogen-bond donors (Lipinski definition) is 1. The van der Waals surface area contributed by atoms with Gasteiger partial charge in [-0.05, 0) is 32.8 Å². The number of benzene rings is 1. The second kappa shape index (κ2) is 5.70. The number of nitrogens with zero attached hydrogens (tertiary/aromatic N) is 1. The van der Waals surface area contributed by atoms with E-state index in [2.05, 4.69) is 11.8 Å². The first kappa shape index (κ1) is 13.3. The monoisotopic (exact) mass is 251 g/mol. The van der Waals surface area contributed by atoms with E-state index in [4.69, 9.17) is 0 Å². The van der Waals surface area contributed by atoms with Gasteiger partial charge >= 0.3 is 0 Å². The van der Waals surface area contributed by atoms with Crippen molar-refractivity contribution in [2.24, 2.45) is 0 Å². The van der Waals surface area contributed by atoms with E-state index in [1.165, 1.54) is 18.9 Å². The molecule has 1 fully saturated rings. The maximum absolute atomic E-state index is 14.1. The molecule has 1 aromatic rings. The van der Waals surface area contributed by atoms with Crippen molar-refractivity contribution in [1.29, 1.82) is 0 Å². The zero-order valence-electron chi connectivity index (χ0n) is 11.2.